The van der Waals surface area contributed by atoms with Crippen molar-refractivity contribution in [2.45, 2.75) is 19.9 Å². The summed E-state index contributed by atoms with van der Waals surface area (Å²) in [5.41, 5.74) is 1.79. The van der Waals surface area contributed by atoms with Gasteiger partial charge in [-0.25, -0.2) is 8.78 Å². The highest BCUT2D eigenvalue weighted by molar-refractivity contribution is 9.10. The lowest BCUT2D eigenvalue weighted by molar-refractivity contribution is 0.0964. The number of hydrogen-bond donors (Lipinski definition) is 0. The van der Waals surface area contributed by atoms with E-state index in [1.165, 1.54) is 0 Å². The molecule has 0 aliphatic carbocycles. The molecule has 0 N–H and O–H groups in total. The fourth-order valence-electron chi connectivity index (χ4n) is 1.41. The summed E-state index contributed by atoms with van der Waals surface area (Å²) in [4.78, 5) is 1.58. The van der Waals surface area contributed by atoms with Gasteiger partial charge in [0.1, 0.15) is 0 Å². The summed E-state index contributed by atoms with van der Waals surface area (Å²) in [5, 5.41) is 4.20. The Bertz CT molecular complexity index is 338. The van der Waals surface area contributed by atoms with Gasteiger partial charge < -0.3 is 0 Å². The maximum atomic E-state index is 12.1. The van der Waals surface area contributed by atoms with Crippen LogP contribution < -0.4 is 0 Å². The van der Waals surface area contributed by atoms with Crippen molar-refractivity contribution < 1.29 is 8.78 Å². The van der Waals surface area contributed by atoms with Gasteiger partial charge >= 0.3 is 0 Å². The smallest absolute Gasteiger partial charge is 0.251 e. The number of aryl methyl sites for hydroxylation is 2. The lowest BCUT2D eigenvalue weighted by Crippen LogP contribution is -2.25. The minimum atomic E-state index is -2.30. The topological polar surface area (TPSA) is 21.1 Å². The van der Waals surface area contributed by atoms with Crippen LogP contribution in [0.15, 0.2) is 4.47 Å². The van der Waals surface area contributed by atoms with Crippen molar-refractivity contribution in [1.82, 2.24) is 14.7 Å². The van der Waals surface area contributed by atoms with Gasteiger partial charge in [0.25, 0.3) is 6.43 Å². The lowest BCUT2D eigenvalue weighted by Gasteiger charge is -2.16. The number of halogens is 3. The van der Waals surface area contributed by atoms with Gasteiger partial charge in [0.2, 0.25) is 0 Å². The Morgan fingerprint density at radius 1 is 1.53 bits per heavy atom. The monoisotopic (exact) mass is 281 g/mol. The van der Waals surface area contributed by atoms with Crippen LogP contribution in [0.25, 0.3) is 0 Å². The van der Waals surface area contributed by atoms with Crippen molar-refractivity contribution in [2.24, 2.45) is 7.05 Å². The van der Waals surface area contributed by atoms with Crippen molar-refractivity contribution in [3.05, 3.63) is 15.9 Å². The van der Waals surface area contributed by atoms with E-state index >= 15 is 0 Å². The Balaban J connectivity index is 2.71. The van der Waals surface area contributed by atoms with Crippen molar-refractivity contribution in [3.63, 3.8) is 0 Å². The molecular weight excluding hydrogens is 268 g/mol. The van der Waals surface area contributed by atoms with Crippen LogP contribution >= 0.6 is 15.9 Å². The molecule has 6 heteroatoms. The fourth-order valence-corrected chi connectivity index (χ4v) is 1.87. The second-order valence-corrected chi connectivity index (χ2v) is 4.35. The van der Waals surface area contributed by atoms with E-state index in [9.17, 15) is 8.78 Å². The van der Waals surface area contributed by atoms with Crippen LogP contribution in [0.4, 0.5) is 8.78 Å². The molecule has 0 aliphatic heterocycles. The molecule has 1 aromatic heterocycles. The normalized spacial score (nSPS) is 11.7. The summed E-state index contributed by atoms with van der Waals surface area (Å²) in [6.07, 6.45) is -2.30. The first-order valence-corrected chi connectivity index (χ1v) is 5.35. The van der Waals surface area contributed by atoms with Crippen molar-refractivity contribution in [2.75, 3.05) is 13.6 Å². The van der Waals surface area contributed by atoms with Gasteiger partial charge in [-0.1, -0.05) is 0 Å². The number of rotatable bonds is 4. The molecule has 0 aliphatic rings. The summed E-state index contributed by atoms with van der Waals surface area (Å²) < 4.78 is 26.8. The highest BCUT2D eigenvalue weighted by Crippen LogP contribution is 2.21. The molecule has 86 valence electrons. The highest BCUT2D eigenvalue weighted by atomic mass is 79.9. The lowest BCUT2D eigenvalue weighted by atomic mass is 10.3. The van der Waals surface area contributed by atoms with Gasteiger partial charge in [0.05, 0.1) is 22.4 Å². The van der Waals surface area contributed by atoms with Crippen LogP contribution in [-0.2, 0) is 13.6 Å². The van der Waals surface area contributed by atoms with E-state index in [4.69, 9.17) is 0 Å². The predicted molar refractivity (Wildman–Crippen MR) is 58.0 cm³/mol. The summed E-state index contributed by atoms with van der Waals surface area (Å²) in [5.74, 6) is 0. The molecule has 15 heavy (non-hydrogen) atoms. The second kappa shape index (κ2) is 5.03. The van der Waals surface area contributed by atoms with Crippen LogP contribution in [0, 0.1) is 6.92 Å². The Hall–Kier alpha value is -0.490. The van der Waals surface area contributed by atoms with Crippen LogP contribution in [0.3, 0.4) is 0 Å². The summed E-state index contributed by atoms with van der Waals surface area (Å²) in [6.45, 7) is 2.11. The largest absolute Gasteiger partial charge is 0.295 e. The maximum Gasteiger partial charge on any atom is 0.251 e. The Morgan fingerprint density at radius 3 is 2.53 bits per heavy atom. The molecule has 0 spiro atoms. The minimum absolute atomic E-state index is 0.226. The zero-order valence-corrected chi connectivity index (χ0v) is 10.6. The molecule has 0 unspecified atom stereocenters. The van der Waals surface area contributed by atoms with Gasteiger partial charge in [-0.05, 0) is 29.9 Å². The molecule has 3 nitrogen and oxygen atoms in total. The van der Waals surface area contributed by atoms with Gasteiger partial charge in [-0.3, -0.25) is 9.58 Å². The van der Waals surface area contributed by atoms with E-state index in [1.807, 2.05) is 14.0 Å². The van der Waals surface area contributed by atoms with E-state index < -0.39 is 6.43 Å². The number of nitrogens with zero attached hydrogens (tertiary/aromatic N) is 3. The number of aromatic nitrogens is 2. The van der Waals surface area contributed by atoms with E-state index in [0.717, 1.165) is 15.9 Å². The molecule has 1 aromatic rings. The quantitative estimate of drug-likeness (QED) is 0.844. The molecule has 1 rings (SSSR count). The molecule has 0 amide bonds. The Morgan fingerprint density at radius 2 is 2.13 bits per heavy atom. The molecule has 0 radical (unpaired) electrons. The van der Waals surface area contributed by atoms with Crippen LogP contribution in [0.2, 0.25) is 0 Å². The Labute approximate surface area is 96.2 Å². The fraction of sp³-hybridized carbons (Fsp3) is 0.667. The molecule has 0 bridgehead atoms. The second-order valence-electron chi connectivity index (χ2n) is 3.56. The first-order chi connectivity index (χ1) is 6.91. The van der Waals surface area contributed by atoms with Gasteiger partial charge in [-0.15, -0.1) is 0 Å². The predicted octanol–water partition coefficient (Wildman–Crippen LogP) is 2.19. The third-order valence-corrected chi connectivity index (χ3v) is 3.16. The van der Waals surface area contributed by atoms with Crippen LogP contribution in [-0.4, -0.2) is 34.7 Å². The highest BCUT2D eigenvalue weighted by Gasteiger charge is 2.14. The molecule has 0 saturated carbocycles. The zero-order valence-electron chi connectivity index (χ0n) is 8.97. The van der Waals surface area contributed by atoms with Gasteiger partial charge in [0, 0.05) is 13.6 Å². The molecular formula is C9H14BrF2N3. The average molecular weight is 282 g/mol. The van der Waals surface area contributed by atoms with E-state index in [1.54, 1.807) is 16.6 Å². The van der Waals surface area contributed by atoms with E-state index in [2.05, 4.69) is 21.0 Å². The molecule has 0 fully saturated rings. The minimum Gasteiger partial charge on any atom is -0.295 e. The third-order valence-electron chi connectivity index (χ3n) is 2.13. The van der Waals surface area contributed by atoms with Crippen LogP contribution in [0.1, 0.15) is 11.4 Å². The van der Waals surface area contributed by atoms with Gasteiger partial charge in [0.15, 0.2) is 0 Å². The summed E-state index contributed by atoms with van der Waals surface area (Å²) >= 11 is 3.40. The summed E-state index contributed by atoms with van der Waals surface area (Å²) in [6, 6.07) is 0. The van der Waals surface area contributed by atoms with Crippen LogP contribution in [0.5, 0.6) is 0 Å². The summed E-state index contributed by atoms with van der Waals surface area (Å²) in [7, 11) is 3.48. The maximum absolute atomic E-state index is 12.1. The standard InChI is InChI=1S/C9H14BrF2N3/c1-6-9(10)7(15(3)13-6)4-14(2)5-8(11)12/h8H,4-5H2,1-3H3. The van der Waals surface area contributed by atoms with Crippen molar-refractivity contribution in [3.8, 4) is 0 Å². The van der Waals surface area contributed by atoms with Gasteiger partial charge in [-0.2, -0.15) is 5.10 Å². The number of hydrogen-bond acceptors (Lipinski definition) is 2. The molecule has 0 saturated heterocycles. The SMILES string of the molecule is Cc1nn(C)c(CN(C)CC(F)F)c1Br. The third kappa shape index (κ3) is 3.24. The molecule has 0 aromatic carbocycles. The van der Waals surface area contributed by atoms with Crippen molar-refractivity contribution >= 4 is 15.9 Å². The van der Waals surface area contributed by atoms with Crippen molar-refractivity contribution in [1.29, 1.82) is 0 Å². The average Bonchev–Trinajstić information content (AvgIpc) is 2.31. The zero-order chi connectivity index (χ0) is 11.6. The molecule has 0 atom stereocenters. The van der Waals surface area contributed by atoms with E-state index in [-0.39, 0.29) is 6.54 Å². The first kappa shape index (κ1) is 12.6. The molecule has 1 heterocycles. The first-order valence-electron chi connectivity index (χ1n) is 4.56. The number of alkyl halides is 2. The Kier molecular flexibility index (Phi) is 4.21. The van der Waals surface area contributed by atoms with E-state index in [0.29, 0.717) is 6.54 Å².